The van der Waals surface area contributed by atoms with Gasteiger partial charge in [-0.05, 0) is 44.9 Å². The number of allylic oxidation sites excluding steroid dienone is 6. The largest absolute Gasteiger partial charge is 0.472 e. The number of esters is 1. The lowest BCUT2D eigenvalue weighted by molar-refractivity contribution is -0.147. The Morgan fingerprint density at radius 2 is 1.36 bits per heavy atom. The summed E-state index contributed by atoms with van der Waals surface area (Å²) in [7, 11) is -4.40. The van der Waals surface area contributed by atoms with Crippen molar-refractivity contribution in [2.75, 3.05) is 26.4 Å². The van der Waals surface area contributed by atoms with E-state index in [-0.39, 0.29) is 32.1 Å². The van der Waals surface area contributed by atoms with E-state index in [0.29, 0.717) is 12.8 Å². The number of amides is 1. The third-order valence-corrected chi connectivity index (χ3v) is 7.32. The van der Waals surface area contributed by atoms with Gasteiger partial charge >= 0.3 is 13.8 Å². The maximum absolute atomic E-state index is 12.0. The SMILES string of the molecule is CC/C=C\C/C=C\C/C=C\CCCCCC(=O)OCC(O)COP(=O)(O)OCCNC(=O)CCCCCCCCCC. The lowest BCUT2D eigenvalue weighted by Crippen LogP contribution is -2.27. The lowest BCUT2D eigenvalue weighted by Gasteiger charge is -2.15. The van der Waals surface area contributed by atoms with Crippen molar-refractivity contribution in [1.29, 1.82) is 0 Å². The molecule has 0 aromatic rings. The van der Waals surface area contributed by atoms with Crippen molar-refractivity contribution >= 4 is 19.7 Å². The lowest BCUT2D eigenvalue weighted by atomic mass is 10.1. The molecule has 10 heteroatoms. The second-order valence-corrected chi connectivity index (χ2v) is 11.9. The first-order chi connectivity index (χ1) is 20.3. The van der Waals surface area contributed by atoms with Gasteiger partial charge in [-0.15, -0.1) is 0 Å². The van der Waals surface area contributed by atoms with Gasteiger partial charge in [0.05, 0.1) is 13.2 Å². The number of ether oxygens (including phenoxy) is 1. The summed E-state index contributed by atoms with van der Waals surface area (Å²) in [5.74, 6) is -0.556. The van der Waals surface area contributed by atoms with Crippen molar-refractivity contribution in [3.8, 4) is 0 Å². The number of aliphatic hydroxyl groups is 1. The molecule has 0 saturated heterocycles. The average molecular weight is 616 g/mol. The van der Waals surface area contributed by atoms with Gasteiger partial charge in [-0.3, -0.25) is 18.6 Å². The van der Waals surface area contributed by atoms with Gasteiger partial charge in [0.15, 0.2) is 0 Å². The minimum atomic E-state index is -4.40. The summed E-state index contributed by atoms with van der Waals surface area (Å²) >= 11 is 0. The number of carbonyl (C=O) groups is 2. The highest BCUT2D eigenvalue weighted by Gasteiger charge is 2.23. The highest BCUT2D eigenvalue weighted by molar-refractivity contribution is 7.47. The van der Waals surface area contributed by atoms with Gasteiger partial charge in [-0.2, -0.15) is 0 Å². The number of aliphatic hydroxyl groups excluding tert-OH is 1. The second kappa shape index (κ2) is 29.3. The topological polar surface area (TPSA) is 131 Å². The van der Waals surface area contributed by atoms with Gasteiger partial charge in [-0.25, -0.2) is 4.57 Å². The first-order valence-corrected chi connectivity index (χ1v) is 17.5. The van der Waals surface area contributed by atoms with Crippen LogP contribution in [0.1, 0.15) is 123 Å². The van der Waals surface area contributed by atoms with Crippen molar-refractivity contribution in [3.63, 3.8) is 0 Å². The number of hydrogen-bond acceptors (Lipinski definition) is 7. The van der Waals surface area contributed by atoms with Crippen LogP contribution in [0.3, 0.4) is 0 Å². The van der Waals surface area contributed by atoms with Crippen LogP contribution in [-0.2, 0) is 27.9 Å². The Morgan fingerprint density at radius 1 is 0.762 bits per heavy atom. The van der Waals surface area contributed by atoms with Gasteiger partial charge in [0.1, 0.15) is 12.7 Å². The molecule has 0 spiro atoms. The predicted molar refractivity (Wildman–Crippen MR) is 169 cm³/mol. The molecule has 2 unspecified atom stereocenters. The maximum atomic E-state index is 12.0. The van der Waals surface area contributed by atoms with E-state index < -0.39 is 26.5 Å². The molecule has 3 N–H and O–H groups in total. The molecular weight excluding hydrogens is 557 g/mol. The molecule has 244 valence electrons. The van der Waals surface area contributed by atoms with E-state index in [0.717, 1.165) is 57.8 Å². The van der Waals surface area contributed by atoms with Crippen LogP contribution < -0.4 is 5.32 Å². The zero-order valence-electron chi connectivity index (χ0n) is 26.2. The Morgan fingerprint density at radius 3 is 2.05 bits per heavy atom. The summed E-state index contributed by atoms with van der Waals surface area (Å²) in [5, 5.41) is 12.6. The Balaban J connectivity index is 3.72. The van der Waals surface area contributed by atoms with Gasteiger partial charge in [0.25, 0.3) is 0 Å². The number of rotatable bonds is 29. The molecule has 42 heavy (non-hydrogen) atoms. The van der Waals surface area contributed by atoms with Crippen molar-refractivity contribution in [2.45, 2.75) is 129 Å². The molecule has 0 aliphatic rings. The Kier molecular flexibility index (Phi) is 28.1. The molecule has 0 aromatic carbocycles. The van der Waals surface area contributed by atoms with Crippen molar-refractivity contribution in [3.05, 3.63) is 36.5 Å². The summed E-state index contributed by atoms with van der Waals surface area (Å²) in [6.07, 6.45) is 28.0. The third-order valence-electron chi connectivity index (χ3n) is 6.33. The summed E-state index contributed by atoms with van der Waals surface area (Å²) in [6.45, 7) is 3.33. The molecule has 0 aliphatic carbocycles. The van der Waals surface area contributed by atoms with Crippen LogP contribution in [0.4, 0.5) is 0 Å². The highest BCUT2D eigenvalue weighted by atomic mass is 31.2. The summed E-state index contributed by atoms with van der Waals surface area (Å²) < 4.78 is 26.6. The van der Waals surface area contributed by atoms with E-state index in [9.17, 15) is 24.2 Å². The predicted octanol–water partition coefficient (Wildman–Crippen LogP) is 7.48. The first kappa shape index (κ1) is 40.2. The van der Waals surface area contributed by atoms with E-state index in [1.165, 1.54) is 32.1 Å². The monoisotopic (exact) mass is 615 g/mol. The highest BCUT2D eigenvalue weighted by Crippen LogP contribution is 2.42. The Hall–Kier alpha value is -1.77. The fourth-order valence-electron chi connectivity index (χ4n) is 3.92. The minimum Gasteiger partial charge on any atom is -0.463 e. The molecule has 9 nitrogen and oxygen atoms in total. The van der Waals surface area contributed by atoms with Crippen LogP contribution in [0, 0.1) is 0 Å². The number of phosphoric ester groups is 1. The van der Waals surface area contributed by atoms with Crippen molar-refractivity contribution in [2.24, 2.45) is 0 Å². The van der Waals surface area contributed by atoms with Crippen molar-refractivity contribution in [1.82, 2.24) is 5.32 Å². The summed E-state index contributed by atoms with van der Waals surface area (Å²) in [4.78, 5) is 33.5. The molecule has 0 saturated carbocycles. The number of phosphoric acid groups is 1. The van der Waals surface area contributed by atoms with Crippen LogP contribution in [0.2, 0.25) is 0 Å². The van der Waals surface area contributed by atoms with Gasteiger partial charge < -0.3 is 20.1 Å². The summed E-state index contributed by atoms with van der Waals surface area (Å²) in [5.41, 5.74) is 0. The zero-order chi connectivity index (χ0) is 31.2. The fraction of sp³-hybridized carbons (Fsp3) is 0.750. The molecule has 2 atom stereocenters. The number of hydrogen-bond donors (Lipinski definition) is 3. The molecule has 0 aromatic heterocycles. The van der Waals surface area contributed by atoms with Gasteiger partial charge in [0, 0.05) is 19.4 Å². The number of unbranched alkanes of at least 4 members (excludes halogenated alkanes) is 10. The van der Waals surface area contributed by atoms with E-state index >= 15 is 0 Å². The quantitative estimate of drug-likeness (QED) is 0.0342. The molecule has 0 rings (SSSR count). The van der Waals surface area contributed by atoms with Crippen molar-refractivity contribution < 1.29 is 37.9 Å². The van der Waals surface area contributed by atoms with Crippen LogP contribution in [-0.4, -0.2) is 54.3 Å². The smallest absolute Gasteiger partial charge is 0.463 e. The normalized spacial score (nSPS) is 14.1. The van der Waals surface area contributed by atoms with Crippen LogP contribution in [0.5, 0.6) is 0 Å². The Bertz CT molecular complexity index is 799. The standard InChI is InChI=1S/C32H58NO8P/c1-3-5-7-9-11-13-14-15-16-17-19-21-23-25-32(36)39-28-30(34)29-41-42(37,38)40-27-26-33-31(35)24-22-20-18-12-10-8-6-4-2/h5,7,11,13,15-16,30,34H,3-4,6,8-10,12,14,17-29H2,1-2H3,(H,33,35)(H,37,38)/b7-5-,13-11-,16-15-. The average Bonchev–Trinajstić information content (AvgIpc) is 2.97. The summed E-state index contributed by atoms with van der Waals surface area (Å²) in [6, 6.07) is 0. The van der Waals surface area contributed by atoms with Gasteiger partial charge in [-0.1, -0.05) is 102 Å². The molecule has 0 fully saturated rings. The van der Waals surface area contributed by atoms with E-state index in [2.05, 4.69) is 55.6 Å². The second-order valence-electron chi connectivity index (χ2n) is 10.4. The molecule has 1 amide bonds. The molecule has 0 radical (unpaired) electrons. The molecule has 0 bridgehead atoms. The van der Waals surface area contributed by atoms with E-state index in [1.807, 2.05) is 0 Å². The van der Waals surface area contributed by atoms with E-state index in [1.54, 1.807) is 0 Å². The van der Waals surface area contributed by atoms with Gasteiger partial charge in [0.2, 0.25) is 5.91 Å². The zero-order valence-corrected chi connectivity index (χ0v) is 27.1. The van der Waals surface area contributed by atoms with Crippen LogP contribution in [0.15, 0.2) is 36.5 Å². The third kappa shape index (κ3) is 29.7. The minimum absolute atomic E-state index is 0.0781. The molecule has 0 aliphatic heterocycles. The maximum Gasteiger partial charge on any atom is 0.472 e. The molecule has 0 heterocycles. The van der Waals surface area contributed by atoms with Crippen LogP contribution >= 0.6 is 7.82 Å². The first-order valence-electron chi connectivity index (χ1n) is 16.0. The number of nitrogens with one attached hydrogen (secondary N) is 1. The molecular formula is C32H58NO8P. The fourth-order valence-corrected chi connectivity index (χ4v) is 4.68. The Labute approximate surface area is 254 Å². The van der Waals surface area contributed by atoms with E-state index in [4.69, 9.17) is 13.8 Å². The number of carbonyl (C=O) groups excluding carboxylic acids is 2. The van der Waals surface area contributed by atoms with Crippen LogP contribution in [0.25, 0.3) is 0 Å².